The maximum atomic E-state index is 11.0. The van der Waals surface area contributed by atoms with Crippen molar-refractivity contribution < 1.29 is 9.49 Å². The number of halogens is 1. The van der Waals surface area contributed by atoms with E-state index in [1.807, 2.05) is 35.9 Å². The molecule has 0 aliphatic rings. The normalized spacial score (nSPS) is 11.5. The van der Waals surface area contributed by atoms with Crippen molar-refractivity contribution in [1.29, 1.82) is 0 Å². The van der Waals surface area contributed by atoms with Gasteiger partial charge in [-0.05, 0) is 24.3 Å². The third-order valence-corrected chi connectivity index (χ3v) is 4.21. The van der Waals surface area contributed by atoms with Gasteiger partial charge in [-0.1, -0.05) is 11.6 Å². The lowest BCUT2D eigenvalue weighted by atomic mass is 10.1. The molecule has 0 aliphatic heterocycles. The number of hydrogen-bond donors (Lipinski definition) is 1. The maximum Gasteiger partial charge on any atom is 0.270 e. The van der Waals surface area contributed by atoms with E-state index in [1.54, 1.807) is 12.1 Å². The van der Waals surface area contributed by atoms with Crippen molar-refractivity contribution in [2.45, 2.75) is 0 Å². The zero-order chi connectivity index (χ0) is 15.4. The molecule has 0 aliphatic carbocycles. The highest BCUT2D eigenvalue weighted by molar-refractivity contribution is 6.31. The van der Waals surface area contributed by atoms with Crippen LogP contribution in [0.15, 0.2) is 42.5 Å². The number of aromatic nitrogens is 2. The summed E-state index contributed by atoms with van der Waals surface area (Å²) in [7, 11) is 1.95. The number of rotatable bonds is 1. The Balaban J connectivity index is 2.19. The summed E-state index contributed by atoms with van der Waals surface area (Å²) < 4.78 is 2.03. The Hall–Kier alpha value is -2.66. The Morgan fingerprint density at radius 1 is 1.14 bits per heavy atom. The number of nitro groups is 1. The molecule has 2 aromatic heterocycles. The molecule has 0 saturated carbocycles. The van der Waals surface area contributed by atoms with E-state index in [9.17, 15) is 10.1 Å². The Morgan fingerprint density at radius 3 is 2.73 bits per heavy atom. The van der Waals surface area contributed by atoms with E-state index < -0.39 is 0 Å². The van der Waals surface area contributed by atoms with Crippen molar-refractivity contribution in [3.05, 3.63) is 57.6 Å². The molecule has 0 bridgehead atoms. The van der Waals surface area contributed by atoms with Crippen LogP contribution in [0, 0.1) is 10.1 Å². The van der Waals surface area contributed by atoms with Crippen LogP contribution in [0.1, 0.15) is 0 Å². The van der Waals surface area contributed by atoms with Gasteiger partial charge in [-0.3, -0.25) is 10.1 Å². The predicted octanol–water partition coefficient (Wildman–Crippen LogP) is 3.86. The molecular weight excluding hydrogens is 302 g/mol. The van der Waals surface area contributed by atoms with Crippen LogP contribution in [-0.4, -0.2) is 9.91 Å². The average molecular weight is 313 g/mol. The maximum absolute atomic E-state index is 11.0. The number of benzene rings is 2. The molecular formula is C16H11ClN3O2+. The molecule has 4 aromatic rings. The summed E-state index contributed by atoms with van der Waals surface area (Å²) >= 11 is 6.06. The summed E-state index contributed by atoms with van der Waals surface area (Å²) in [5.74, 6) is 0. The van der Waals surface area contributed by atoms with Gasteiger partial charge >= 0.3 is 0 Å². The van der Waals surface area contributed by atoms with Gasteiger partial charge in [0.2, 0.25) is 11.0 Å². The predicted molar refractivity (Wildman–Crippen MR) is 86.2 cm³/mol. The number of aromatic amines is 1. The van der Waals surface area contributed by atoms with Gasteiger partial charge in [-0.25, -0.2) is 0 Å². The minimum absolute atomic E-state index is 0.0876. The Kier molecular flexibility index (Phi) is 2.62. The highest BCUT2D eigenvalue weighted by Crippen LogP contribution is 2.29. The van der Waals surface area contributed by atoms with Gasteiger partial charge in [0.1, 0.15) is 12.6 Å². The molecule has 0 unspecified atom stereocenters. The molecule has 6 heteroatoms. The minimum Gasteiger partial charge on any atom is -0.349 e. The first-order valence-electron chi connectivity index (χ1n) is 6.73. The molecule has 2 heterocycles. The molecule has 108 valence electrons. The van der Waals surface area contributed by atoms with Crippen molar-refractivity contribution in [3.63, 3.8) is 0 Å². The third-order valence-electron chi connectivity index (χ3n) is 3.98. The van der Waals surface area contributed by atoms with Crippen molar-refractivity contribution in [2.75, 3.05) is 0 Å². The second kappa shape index (κ2) is 4.42. The van der Waals surface area contributed by atoms with Crippen LogP contribution in [-0.2, 0) is 7.05 Å². The molecule has 0 saturated heterocycles. The van der Waals surface area contributed by atoms with Gasteiger partial charge in [0.05, 0.1) is 15.8 Å². The van der Waals surface area contributed by atoms with Crippen molar-refractivity contribution in [3.8, 4) is 0 Å². The van der Waals surface area contributed by atoms with E-state index in [2.05, 4.69) is 4.98 Å². The van der Waals surface area contributed by atoms with E-state index in [4.69, 9.17) is 11.6 Å². The van der Waals surface area contributed by atoms with Crippen molar-refractivity contribution in [2.24, 2.45) is 7.05 Å². The first kappa shape index (κ1) is 13.0. The highest BCUT2D eigenvalue weighted by Gasteiger charge is 2.19. The standard InChI is InChI=1S/C16H10ClN3O2/c1-19-15-5-2-10(17)6-9(15)7-14-16(19)12-8-11(20(21)22)3-4-13(12)18-14/h2-8H,1H3/p+1. The van der Waals surface area contributed by atoms with Gasteiger partial charge in [-0.2, -0.15) is 4.57 Å². The van der Waals surface area contributed by atoms with Crippen LogP contribution < -0.4 is 4.57 Å². The zero-order valence-corrected chi connectivity index (χ0v) is 12.4. The largest absolute Gasteiger partial charge is 0.349 e. The second-order valence-electron chi connectivity index (χ2n) is 5.28. The molecule has 22 heavy (non-hydrogen) atoms. The number of hydrogen-bond acceptors (Lipinski definition) is 2. The number of nitrogens with zero attached hydrogens (tertiary/aromatic N) is 2. The van der Waals surface area contributed by atoms with E-state index in [0.717, 1.165) is 32.8 Å². The van der Waals surface area contributed by atoms with Gasteiger partial charge < -0.3 is 4.98 Å². The van der Waals surface area contributed by atoms with Gasteiger partial charge in [0.25, 0.3) is 5.69 Å². The van der Waals surface area contributed by atoms with Gasteiger partial charge in [0, 0.05) is 28.6 Å². The third kappa shape index (κ3) is 1.76. The molecule has 5 nitrogen and oxygen atoms in total. The van der Waals surface area contributed by atoms with E-state index in [-0.39, 0.29) is 10.6 Å². The summed E-state index contributed by atoms with van der Waals surface area (Å²) in [6, 6.07) is 12.6. The number of non-ortho nitro benzene ring substituents is 1. The van der Waals surface area contributed by atoms with Crippen LogP contribution in [0.4, 0.5) is 5.69 Å². The van der Waals surface area contributed by atoms with Crippen LogP contribution in [0.2, 0.25) is 5.02 Å². The van der Waals surface area contributed by atoms with Crippen molar-refractivity contribution in [1.82, 2.24) is 4.98 Å². The smallest absolute Gasteiger partial charge is 0.270 e. The van der Waals surface area contributed by atoms with Crippen LogP contribution in [0.5, 0.6) is 0 Å². The molecule has 4 rings (SSSR count). The lowest BCUT2D eigenvalue weighted by Gasteiger charge is -1.99. The Labute approximate surface area is 129 Å². The Morgan fingerprint density at radius 2 is 1.95 bits per heavy atom. The van der Waals surface area contributed by atoms with E-state index >= 15 is 0 Å². The molecule has 0 spiro atoms. The van der Waals surface area contributed by atoms with Gasteiger partial charge in [-0.15, -0.1) is 0 Å². The zero-order valence-electron chi connectivity index (χ0n) is 11.6. The summed E-state index contributed by atoms with van der Waals surface area (Å²) in [6.07, 6.45) is 0. The summed E-state index contributed by atoms with van der Waals surface area (Å²) in [5.41, 5.74) is 3.84. The van der Waals surface area contributed by atoms with E-state index in [0.29, 0.717) is 5.02 Å². The Bertz CT molecular complexity index is 1090. The molecule has 0 amide bonds. The quantitative estimate of drug-likeness (QED) is 0.329. The van der Waals surface area contributed by atoms with Gasteiger partial charge in [0.15, 0.2) is 0 Å². The molecule has 0 radical (unpaired) electrons. The van der Waals surface area contributed by atoms with Crippen LogP contribution >= 0.6 is 11.6 Å². The summed E-state index contributed by atoms with van der Waals surface area (Å²) in [5, 5.41) is 13.5. The molecule has 0 fully saturated rings. The number of nitro benzene ring substituents is 1. The van der Waals surface area contributed by atoms with Crippen LogP contribution in [0.3, 0.4) is 0 Å². The van der Waals surface area contributed by atoms with Crippen molar-refractivity contribution >= 4 is 50.1 Å². The lowest BCUT2D eigenvalue weighted by Crippen LogP contribution is -2.29. The number of pyridine rings is 1. The fourth-order valence-corrected chi connectivity index (χ4v) is 3.17. The number of aryl methyl sites for hydroxylation is 1. The fraction of sp³-hybridized carbons (Fsp3) is 0.0625. The number of fused-ring (bicyclic) bond motifs is 4. The fourth-order valence-electron chi connectivity index (χ4n) is 2.99. The van der Waals surface area contributed by atoms with E-state index in [1.165, 1.54) is 6.07 Å². The minimum atomic E-state index is -0.376. The number of H-pyrrole nitrogens is 1. The second-order valence-corrected chi connectivity index (χ2v) is 5.72. The number of nitrogens with one attached hydrogen (secondary N) is 1. The van der Waals surface area contributed by atoms with Crippen LogP contribution in [0.25, 0.3) is 32.8 Å². The summed E-state index contributed by atoms with van der Waals surface area (Å²) in [6.45, 7) is 0. The first-order chi connectivity index (χ1) is 10.5. The summed E-state index contributed by atoms with van der Waals surface area (Å²) in [4.78, 5) is 13.9. The average Bonchev–Trinajstić information content (AvgIpc) is 2.84. The SMILES string of the molecule is C[n+]1c2ccc(Cl)cc2cc2[nH]c3ccc([N+](=O)[O-])cc3c21. The topological polar surface area (TPSA) is 62.8 Å². The molecule has 1 N–H and O–H groups in total. The highest BCUT2D eigenvalue weighted by atomic mass is 35.5. The lowest BCUT2D eigenvalue weighted by molar-refractivity contribution is -0.616. The molecule has 0 atom stereocenters. The monoisotopic (exact) mass is 312 g/mol. The first-order valence-corrected chi connectivity index (χ1v) is 7.10. The molecule has 2 aromatic carbocycles.